The third-order valence-corrected chi connectivity index (χ3v) is 3.54. The Hall–Kier alpha value is -1.07. The normalized spacial score (nSPS) is 20.0. The summed E-state index contributed by atoms with van der Waals surface area (Å²) in [7, 11) is 1.46. The number of hydrogen-bond donors (Lipinski definition) is 0. The molecule has 1 aromatic rings. The third kappa shape index (κ3) is 2.79. The van der Waals surface area contributed by atoms with Gasteiger partial charge in [0.1, 0.15) is 17.7 Å². The number of halogens is 1. The Kier molecular flexibility index (Phi) is 4.02. The van der Waals surface area contributed by atoms with Crippen molar-refractivity contribution >= 4 is 17.5 Å². The van der Waals surface area contributed by atoms with E-state index in [0.717, 1.165) is 5.75 Å². The van der Waals surface area contributed by atoms with Gasteiger partial charge >= 0.3 is 0 Å². The monoisotopic (exact) mass is 256 g/mol. The molecule has 92 valence electrons. The smallest absolute Gasteiger partial charge is 0.195 e. The lowest BCUT2D eigenvalue weighted by atomic mass is 10.1. The van der Waals surface area contributed by atoms with Crippen LogP contribution in [0.25, 0.3) is 0 Å². The van der Waals surface area contributed by atoms with Crippen LogP contribution in [0.2, 0.25) is 0 Å². The summed E-state index contributed by atoms with van der Waals surface area (Å²) in [6, 6.07) is 4.23. The summed E-state index contributed by atoms with van der Waals surface area (Å²) in [6.07, 6.45) is -0.531. The molecule has 0 aliphatic carbocycles. The van der Waals surface area contributed by atoms with Crippen molar-refractivity contribution < 1.29 is 18.7 Å². The Balaban J connectivity index is 2.18. The number of benzene rings is 1. The SMILES string of the molecule is COc1ccc(C(=O)C2CSCCO2)c(F)c1. The molecule has 5 heteroatoms. The molecule has 0 aromatic heterocycles. The molecule has 17 heavy (non-hydrogen) atoms. The Morgan fingerprint density at radius 2 is 2.41 bits per heavy atom. The van der Waals surface area contributed by atoms with Gasteiger partial charge in [-0.15, -0.1) is 0 Å². The lowest BCUT2D eigenvalue weighted by Gasteiger charge is -2.21. The Morgan fingerprint density at radius 3 is 3.00 bits per heavy atom. The first-order valence-electron chi connectivity index (χ1n) is 5.29. The molecule has 0 N–H and O–H groups in total. The molecular weight excluding hydrogens is 243 g/mol. The highest BCUT2D eigenvalue weighted by Crippen LogP contribution is 2.21. The first-order chi connectivity index (χ1) is 8.22. The highest BCUT2D eigenvalue weighted by atomic mass is 32.2. The number of ketones is 1. The van der Waals surface area contributed by atoms with E-state index < -0.39 is 11.9 Å². The molecule has 1 heterocycles. The van der Waals surface area contributed by atoms with Crippen molar-refractivity contribution in [2.75, 3.05) is 25.2 Å². The highest BCUT2D eigenvalue weighted by molar-refractivity contribution is 7.99. The molecule has 0 saturated carbocycles. The summed E-state index contributed by atoms with van der Waals surface area (Å²) >= 11 is 1.65. The van der Waals surface area contributed by atoms with Crippen molar-refractivity contribution in [3.8, 4) is 5.75 Å². The van der Waals surface area contributed by atoms with Crippen LogP contribution in [0.5, 0.6) is 5.75 Å². The van der Waals surface area contributed by atoms with Crippen LogP contribution in [-0.4, -0.2) is 37.1 Å². The maximum Gasteiger partial charge on any atom is 0.195 e. The number of rotatable bonds is 3. The lowest BCUT2D eigenvalue weighted by Crippen LogP contribution is -2.32. The third-order valence-electron chi connectivity index (χ3n) is 2.55. The molecule has 0 bridgehead atoms. The molecule has 1 unspecified atom stereocenters. The summed E-state index contributed by atoms with van der Waals surface area (Å²) < 4.78 is 23.9. The first-order valence-corrected chi connectivity index (χ1v) is 6.45. The van der Waals surface area contributed by atoms with Gasteiger partial charge in [-0.05, 0) is 12.1 Å². The number of ether oxygens (including phenoxy) is 2. The van der Waals surface area contributed by atoms with Gasteiger partial charge in [0.2, 0.25) is 0 Å². The average molecular weight is 256 g/mol. The molecule has 1 aliphatic heterocycles. The van der Waals surface area contributed by atoms with E-state index in [9.17, 15) is 9.18 Å². The fourth-order valence-corrected chi connectivity index (χ4v) is 2.48. The summed E-state index contributed by atoms with van der Waals surface area (Å²) in [5, 5.41) is 0. The van der Waals surface area contributed by atoms with E-state index in [4.69, 9.17) is 9.47 Å². The topological polar surface area (TPSA) is 35.5 Å². The van der Waals surface area contributed by atoms with Gasteiger partial charge in [0, 0.05) is 17.6 Å². The van der Waals surface area contributed by atoms with Gasteiger partial charge in [-0.3, -0.25) is 4.79 Å². The summed E-state index contributed by atoms with van der Waals surface area (Å²) in [5.41, 5.74) is 0.0679. The summed E-state index contributed by atoms with van der Waals surface area (Å²) in [6.45, 7) is 0.541. The predicted octanol–water partition coefficient (Wildman–Crippen LogP) is 2.15. The van der Waals surface area contributed by atoms with Gasteiger partial charge in [0.25, 0.3) is 0 Å². The van der Waals surface area contributed by atoms with E-state index in [0.29, 0.717) is 18.1 Å². The number of carbonyl (C=O) groups is 1. The molecule has 0 spiro atoms. The zero-order valence-electron chi connectivity index (χ0n) is 9.44. The van der Waals surface area contributed by atoms with E-state index in [1.807, 2.05) is 0 Å². The second-order valence-corrected chi connectivity index (χ2v) is 4.79. The minimum atomic E-state index is -0.562. The number of Topliss-reactive ketones (excluding diaryl/α,β-unsaturated/α-hetero) is 1. The predicted molar refractivity (Wildman–Crippen MR) is 64.3 cm³/mol. The van der Waals surface area contributed by atoms with Crippen LogP contribution in [0.4, 0.5) is 4.39 Å². The van der Waals surface area contributed by atoms with Crippen LogP contribution in [0.3, 0.4) is 0 Å². The standard InChI is InChI=1S/C12H13FO3S/c1-15-8-2-3-9(10(13)6-8)12(14)11-7-17-5-4-16-11/h2-3,6,11H,4-5,7H2,1H3. The van der Waals surface area contributed by atoms with E-state index in [-0.39, 0.29) is 11.3 Å². The maximum absolute atomic E-state index is 13.7. The van der Waals surface area contributed by atoms with Crippen LogP contribution in [-0.2, 0) is 4.74 Å². The van der Waals surface area contributed by atoms with Gasteiger partial charge in [0.05, 0.1) is 19.3 Å². The van der Waals surface area contributed by atoms with Crippen LogP contribution >= 0.6 is 11.8 Å². The summed E-state index contributed by atoms with van der Waals surface area (Å²) in [5.74, 6) is 1.02. The van der Waals surface area contributed by atoms with Gasteiger partial charge in [-0.25, -0.2) is 4.39 Å². The van der Waals surface area contributed by atoms with Gasteiger partial charge in [-0.1, -0.05) is 0 Å². The van der Waals surface area contributed by atoms with Crippen molar-refractivity contribution in [2.45, 2.75) is 6.10 Å². The van der Waals surface area contributed by atoms with Crippen LogP contribution < -0.4 is 4.74 Å². The molecule has 1 fully saturated rings. The second kappa shape index (κ2) is 5.51. The number of hydrogen-bond acceptors (Lipinski definition) is 4. The molecule has 2 rings (SSSR count). The summed E-state index contributed by atoms with van der Waals surface area (Å²) in [4.78, 5) is 12.0. The molecule has 3 nitrogen and oxygen atoms in total. The molecule has 1 aromatic carbocycles. The fourth-order valence-electron chi connectivity index (χ4n) is 1.64. The van der Waals surface area contributed by atoms with Crippen LogP contribution in [0.15, 0.2) is 18.2 Å². The van der Waals surface area contributed by atoms with E-state index in [1.54, 1.807) is 17.8 Å². The number of carbonyl (C=O) groups excluding carboxylic acids is 1. The second-order valence-electron chi connectivity index (χ2n) is 3.64. The largest absolute Gasteiger partial charge is 0.497 e. The molecule has 0 radical (unpaired) electrons. The zero-order chi connectivity index (χ0) is 12.3. The highest BCUT2D eigenvalue weighted by Gasteiger charge is 2.25. The first kappa shape index (κ1) is 12.4. The lowest BCUT2D eigenvalue weighted by molar-refractivity contribution is 0.0515. The molecule has 1 atom stereocenters. The van der Waals surface area contributed by atoms with Gasteiger partial charge in [-0.2, -0.15) is 11.8 Å². The maximum atomic E-state index is 13.7. The molecule has 0 amide bonds. The fraction of sp³-hybridized carbons (Fsp3) is 0.417. The Bertz CT molecular complexity index is 416. The van der Waals surface area contributed by atoms with E-state index >= 15 is 0 Å². The average Bonchev–Trinajstić information content (AvgIpc) is 2.39. The molecule has 1 saturated heterocycles. The van der Waals surface area contributed by atoms with Crippen LogP contribution in [0, 0.1) is 5.82 Å². The van der Waals surface area contributed by atoms with Crippen molar-refractivity contribution in [3.05, 3.63) is 29.6 Å². The van der Waals surface area contributed by atoms with Gasteiger partial charge < -0.3 is 9.47 Å². The van der Waals surface area contributed by atoms with Crippen LogP contribution in [0.1, 0.15) is 10.4 Å². The quantitative estimate of drug-likeness (QED) is 0.776. The van der Waals surface area contributed by atoms with E-state index in [1.165, 1.54) is 19.2 Å². The van der Waals surface area contributed by atoms with Crippen molar-refractivity contribution in [1.29, 1.82) is 0 Å². The molecule has 1 aliphatic rings. The zero-order valence-corrected chi connectivity index (χ0v) is 10.3. The Labute approximate surface area is 103 Å². The number of thioether (sulfide) groups is 1. The van der Waals surface area contributed by atoms with Crippen molar-refractivity contribution in [1.82, 2.24) is 0 Å². The van der Waals surface area contributed by atoms with Crippen molar-refractivity contribution in [3.63, 3.8) is 0 Å². The number of methoxy groups -OCH3 is 1. The molecular formula is C12H13FO3S. The van der Waals surface area contributed by atoms with Crippen molar-refractivity contribution in [2.24, 2.45) is 0 Å². The van der Waals surface area contributed by atoms with E-state index in [2.05, 4.69) is 0 Å². The van der Waals surface area contributed by atoms with Gasteiger partial charge in [0.15, 0.2) is 5.78 Å². The minimum absolute atomic E-state index is 0.0679. The Morgan fingerprint density at radius 1 is 1.59 bits per heavy atom. The minimum Gasteiger partial charge on any atom is -0.497 e.